The van der Waals surface area contributed by atoms with Crippen molar-refractivity contribution in [2.45, 2.75) is 58.9 Å². The van der Waals surface area contributed by atoms with Gasteiger partial charge in [0.25, 0.3) is 5.56 Å². The van der Waals surface area contributed by atoms with Crippen molar-refractivity contribution in [2.75, 3.05) is 5.32 Å². The fourth-order valence-corrected chi connectivity index (χ4v) is 5.76. The Morgan fingerprint density at radius 2 is 2.00 bits per heavy atom. The van der Waals surface area contributed by atoms with Crippen molar-refractivity contribution < 1.29 is 4.79 Å². The predicted molar refractivity (Wildman–Crippen MR) is 126 cm³/mol. The molecule has 4 heterocycles. The maximum absolute atomic E-state index is 13.2. The largest absolute Gasteiger partial charge is 0.375 e. The molecule has 32 heavy (non-hydrogen) atoms. The van der Waals surface area contributed by atoms with Gasteiger partial charge in [0.1, 0.15) is 17.6 Å². The Bertz CT molecular complexity index is 1200. The zero-order valence-corrected chi connectivity index (χ0v) is 19.1. The van der Waals surface area contributed by atoms with Crippen molar-refractivity contribution in [3.05, 3.63) is 78.6 Å². The minimum Gasteiger partial charge on any atom is -0.375 e. The molecule has 8 heteroatoms. The number of rotatable bonds is 6. The number of benzene rings is 1. The highest BCUT2D eigenvalue weighted by molar-refractivity contribution is 7.12. The van der Waals surface area contributed by atoms with E-state index in [0.717, 1.165) is 23.5 Å². The number of nitrogens with one attached hydrogen (secondary N) is 3. The number of hydrogen-bond acceptors (Lipinski definition) is 6. The lowest BCUT2D eigenvalue weighted by molar-refractivity contribution is -0.124. The zero-order valence-electron chi connectivity index (χ0n) is 18.3. The molecule has 3 aromatic rings. The minimum absolute atomic E-state index is 0.120. The van der Waals surface area contributed by atoms with Crippen LogP contribution in [0.1, 0.15) is 50.3 Å². The molecule has 0 spiro atoms. The molecule has 0 aliphatic carbocycles. The van der Waals surface area contributed by atoms with Crippen LogP contribution in [-0.2, 0) is 37.4 Å². The van der Waals surface area contributed by atoms with E-state index in [9.17, 15) is 9.59 Å². The molecule has 3 N–H and O–H groups in total. The lowest BCUT2D eigenvalue weighted by Crippen LogP contribution is -2.36. The number of hydrogen-bond donors (Lipinski definition) is 3. The van der Waals surface area contributed by atoms with Gasteiger partial charge in [0.15, 0.2) is 0 Å². The summed E-state index contributed by atoms with van der Waals surface area (Å²) in [6.45, 7) is 6.96. The average molecular weight is 450 g/mol. The maximum atomic E-state index is 13.2. The van der Waals surface area contributed by atoms with E-state index >= 15 is 0 Å². The summed E-state index contributed by atoms with van der Waals surface area (Å²) >= 11 is 1.74. The van der Waals surface area contributed by atoms with E-state index in [1.54, 1.807) is 22.1 Å². The molecule has 0 saturated carbocycles. The lowest BCUT2D eigenvalue weighted by atomic mass is 10.1. The molecule has 2 aromatic heterocycles. The van der Waals surface area contributed by atoms with Crippen LogP contribution in [0.2, 0.25) is 0 Å². The smallest absolute Gasteiger partial charge is 0.277 e. The highest BCUT2D eigenvalue weighted by Crippen LogP contribution is 2.27. The Balaban J connectivity index is 1.29. The van der Waals surface area contributed by atoms with Crippen LogP contribution < -0.4 is 21.5 Å². The van der Waals surface area contributed by atoms with Crippen molar-refractivity contribution in [2.24, 2.45) is 0 Å². The van der Waals surface area contributed by atoms with Crippen LogP contribution in [0.4, 0.5) is 5.69 Å². The second-order valence-electron chi connectivity index (χ2n) is 8.65. The molecule has 0 bridgehead atoms. The third-order valence-corrected chi connectivity index (χ3v) is 7.25. The average Bonchev–Trinajstić information content (AvgIpc) is 3.45. The molecule has 166 valence electrons. The molecule has 2 aliphatic heterocycles. The van der Waals surface area contributed by atoms with Crippen LogP contribution in [0.15, 0.2) is 35.3 Å². The fraction of sp³-hybridized carbons (Fsp3) is 0.375. The molecule has 1 aromatic carbocycles. The van der Waals surface area contributed by atoms with Gasteiger partial charge in [-0.3, -0.25) is 14.2 Å². The summed E-state index contributed by atoms with van der Waals surface area (Å²) in [4.78, 5) is 33.1. The molecule has 2 aliphatic rings. The molecule has 1 atom stereocenters. The van der Waals surface area contributed by atoms with Crippen LogP contribution in [0.5, 0.6) is 0 Å². The van der Waals surface area contributed by atoms with Gasteiger partial charge in [-0.1, -0.05) is 29.3 Å². The molecule has 7 nitrogen and oxygen atoms in total. The molecule has 5 rings (SSSR count). The summed E-state index contributed by atoms with van der Waals surface area (Å²) < 4.78 is 1.57. The van der Waals surface area contributed by atoms with Crippen molar-refractivity contribution >= 4 is 22.9 Å². The highest BCUT2D eigenvalue weighted by atomic mass is 32.1. The standard InChI is InChI=1S/C24H27N5O2S/c1-14-5-15(2)7-16(6-14)9-26-19-12-27-22-4-3-20(29(22)24(19)31)23(30)28-11-18-8-17-10-25-13-21(17)32-18/h5-8,12,20,25-26H,3-4,9-11,13H2,1-2H3,(H,28,30)/t20-/m0/s1. The van der Waals surface area contributed by atoms with Gasteiger partial charge in [0.05, 0.1) is 12.7 Å². The van der Waals surface area contributed by atoms with Gasteiger partial charge < -0.3 is 16.0 Å². The SMILES string of the molecule is Cc1cc(C)cc(CNc2cnc3n(c2=O)[C@H](C(=O)NCc2cc4c(s2)CNC4)CC3)c1. The van der Waals surface area contributed by atoms with Crippen LogP contribution in [0.3, 0.4) is 0 Å². The molecular formula is C24H27N5O2S. The highest BCUT2D eigenvalue weighted by Gasteiger charge is 2.31. The first kappa shape index (κ1) is 20.9. The summed E-state index contributed by atoms with van der Waals surface area (Å²) in [6.07, 6.45) is 2.82. The number of carbonyl (C=O) groups is 1. The molecule has 1 amide bonds. The molecule has 0 radical (unpaired) electrons. The van der Waals surface area contributed by atoms with Gasteiger partial charge >= 0.3 is 0 Å². The third-order valence-electron chi connectivity index (χ3n) is 6.08. The summed E-state index contributed by atoms with van der Waals surface area (Å²) in [5, 5.41) is 9.58. The predicted octanol–water partition coefficient (Wildman–Crippen LogP) is 2.94. The van der Waals surface area contributed by atoms with E-state index in [1.165, 1.54) is 21.6 Å². The van der Waals surface area contributed by atoms with Crippen molar-refractivity contribution in [3.8, 4) is 0 Å². The van der Waals surface area contributed by atoms with Gasteiger partial charge in [0, 0.05) is 35.8 Å². The molecule has 0 unspecified atom stereocenters. The number of aromatic nitrogens is 2. The molecule has 0 saturated heterocycles. The van der Waals surface area contributed by atoms with Crippen LogP contribution in [0, 0.1) is 13.8 Å². The Hall–Kier alpha value is -2.97. The second-order valence-corrected chi connectivity index (χ2v) is 9.87. The second kappa shape index (κ2) is 8.52. The Labute approximate surface area is 190 Å². The summed E-state index contributed by atoms with van der Waals surface area (Å²) in [5.41, 5.74) is 5.06. The normalized spacial score (nSPS) is 16.6. The van der Waals surface area contributed by atoms with Gasteiger partial charge in [-0.05, 0) is 37.5 Å². The third kappa shape index (κ3) is 4.08. The number of nitrogens with zero attached hydrogens (tertiary/aromatic N) is 2. The Kier molecular flexibility index (Phi) is 5.57. The van der Waals surface area contributed by atoms with Gasteiger partial charge in [-0.15, -0.1) is 11.3 Å². The first-order valence-electron chi connectivity index (χ1n) is 11.0. The number of thiophene rings is 1. The van der Waals surface area contributed by atoms with Crippen LogP contribution >= 0.6 is 11.3 Å². The minimum atomic E-state index is -0.513. The summed E-state index contributed by atoms with van der Waals surface area (Å²) in [7, 11) is 0. The number of aryl methyl sites for hydroxylation is 3. The van der Waals surface area contributed by atoms with Crippen LogP contribution in [0.25, 0.3) is 0 Å². The van der Waals surface area contributed by atoms with Crippen LogP contribution in [-0.4, -0.2) is 15.5 Å². The quantitative estimate of drug-likeness (QED) is 0.539. The van der Waals surface area contributed by atoms with Gasteiger partial charge in [0.2, 0.25) is 5.91 Å². The summed E-state index contributed by atoms with van der Waals surface area (Å²) in [6, 6.07) is 7.97. The fourth-order valence-electron chi connectivity index (χ4n) is 4.66. The van der Waals surface area contributed by atoms with Crippen molar-refractivity contribution in [1.29, 1.82) is 0 Å². The van der Waals surface area contributed by atoms with E-state index in [4.69, 9.17) is 0 Å². The van der Waals surface area contributed by atoms with E-state index in [1.807, 2.05) is 0 Å². The van der Waals surface area contributed by atoms with E-state index < -0.39 is 6.04 Å². The monoisotopic (exact) mass is 449 g/mol. The first-order valence-corrected chi connectivity index (χ1v) is 11.8. The number of fused-ring (bicyclic) bond motifs is 2. The van der Waals surface area contributed by atoms with Gasteiger partial charge in [-0.2, -0.15) is 0 Å². The van der Waals surface area contributed by atoms with Crippen molar-refractivity contribution in [1.82, 2.24) is 20.2 Å². The lowest BCUT2D eigenvalue weighted by Gasteiger charge is -2.16. The molecule has 0 fully saturated rings. The summed E-state index contributed by atoms with van der Waals surface area (Å²) in [5.74, 6) is 0.555. The number of anilines is 1. The Morgan fingerprint density at radius 1 is 1.19 bits per heavy atom. The van der Waals surface area contributed by atoms with Crippen molar-refractivity contribution in [3.63, 3.8) is 0 Å². The van der Waals surface area contributed by atoms with E-state index in [2.05, 4.69) is 59.0 Å². The Morgan fingerprint density at radius 3 is 2.78 bits per heavy atom. The topological polar surface area (TPSA) is 88.0 Å². The maximum Gasteiger partial charge on any atom is 0.277 e. The van der Waals surface area contributed by atoms with Gasteiger partial charge in [-0.25, -0.2) is 4.98 Å². The molecular weight excluding hydrogens is 422 g/mol. The zero-order chi connectivity index (χ0) is 22.2. The van der Waals surface area contributed by atoms with E-state index in [0.29, 0.717) is 37.4 Å². The number of amides is 1. The van der Waals surface area contributed by atoms with E-state index in [-0.39, 0.29) is 11.5 Å². The number of carbonyl (C=O) groups excluding carboxylic acids is 1. The first-order chi connectivity index (χ1) is 15.5.